The Morgan fingerprint density at radius 3 is 2.84 bits per heavy atom. The molecule has 0 spiro atoms. The molecule has 3 heteroatoms. The standard InChI is InChI=1S/C16H21FO2/c1-10(18)15-5-4-14(17)8-16(15)19-9-13-7-11-2-3-12(13)6-11/h4-5,8,10-13,18H,2-3,6-7,9H2,1H3/t10-,11?,12?,13?/m1/s1. The molecule has 0 aromatic heterocycles. The number of hydrogen-bond acceptors (Lipinski definition) is 2. The monoisotopic (exact) mass is 264 g/mol. The lowest BCUT2D eigenvalue weighted by atomic mass is 9.89. The Hall–Kier alpha value is -1.09. The van der Waals surface area contributed by atoms with Gasteiger partial charge in [0.05, 0.1) is 12.7 Å². The predicted octanol–water partition coefficient (Wildman–Crippen LogP) is 3.69. The van der Waals surface area contributed by atoms with Gasteiger partial charge in [0, 0.05) is 11.6 Å². The fourth-order valence-corrected chi connectivity index (χ4v) is 3.76. The van der Waals surface area contributed by atoms with Crippen molar-refractivity contribution in [1.82, 2.24) is 0 Å². The number of aliphatic hydroxyl groups is 1. The molecule has 19 heavy (non-hydrogen) atoms. The van der Waals surface area contributed by atoms with Gasteiger partial charge in [-0.3, -0.25) is 0 Å². The molecule has 0 radical (unpaired) electrons. The van der Waals surface area contributed by atoms with E-state index in [2.05, 4.69) is 0 Å². The van der Waals surface area contributed by atoms with Gasteiger partial charge in [0.1, 0.15) is 11.6 Å². The maximum Gasteiger partial charge on any atom is 0.128 e. The van der Waals surface area contributed by atoms with Crippen LogP contribution in [0.4, 0.5) is 4.39 Å². The van der Waals surface area contributed by atoms with Crippen molar-refractivity contribution in [1.29, 1.82) is 0 Å². The molecule has 2 nitrogen and oxygen atoms in total. The maximum absolute atomic E-state index is 13.3. The molecular weight excluding hydrogens is 243 g/mol. The van der Waals surface area contributed by atoms with Crippen LogP contribution in [0, 0.1) is 23.6 Å². The molecule has 1 N–H and O–H groups in total. The Morgan fingerprint density at radius 2 is 2.21 bits per heavy atom. The number of halogens is 1. The topological polar surface area (TPSA) is 29.5 Å². The lowest BCUT2D eigenvalue weighted by Gasteiger charge is -2.23. The Kier molecular flexibility index (Phi) is 3.48. The predicted molar refractivity (Wildman–Crippen MR) is 71.5 cm³/mol. The quantitative estimate of drug-likeness (QED) is 0.898. The first-order valence-corrected chi connectivity index (χ1v) is 7.24. The van der Waals surface area contributed by atoms with Crippen molar-refractivity contribution >= 4 is 0 Å². The van der Waals surface area contributed by atoms with Crippen LogP contribution in [0.2, 0.25) is 0 Å². The molecule has 2 saturated carbocycles. The van der Waals surface area contributed by atoms with Crippen LogP contribution in [0.25, 0.3) is 0 Å². The molecule has 0 aliphatic heterocycles. The second-order valence-corrected chi connectivity index (χ2v) is 6.10. The normalized spacial score (nSPS) is 30.6. The van der Waals surface area contributed by atoms with E-state index in [0.29, 0.717) is 23.8 Å². The van der Waals surface area contributed by atoms with Crippen molar-refractivity contribution in [2.75, 3.05) is 6.61 Å². The summed E-state index contributed by atoms with van der Waals surface area (Å²) in [6.07, 6.45) is 4.67. The van der Waals surface area contributed by atoms with Gasteiger partial charge in [-0.25, -0.2) is 4.39 Å². The summed E-state index contributed by atoms with van der Waals surface area (Å²) in [4.78, 5) is 0. The molecule has 4 atom stereocenters. The van der Waals surface area contributed by atoms with E-state index in [1.807, 2.05) is 0 Å². The molecule has 2 bridgehead atoms. The summed E-state index contributed by atoms with van der Waals surface area (Å²) < 4.78 is 19.1. The van der Waals surface area contributed by atoms with Crippen molar-refractivity contribution in [3.8, 4) is 5.75 Å². The summed E-state index contributed by atoms with van der Waals surface area (Å²) in [5.41, 5.74) is 0.671. The first-order chi connectivity index (χ1) is 9.13. The van der Waals surface area contributed by atoms with Crippen LogP contribution in [0.1, 0.15) is 44.3 Å². The first-order valence-electron chi connectivity index (χ1n) is 7.24. The van der Waals surface area contributed by atoms with E-state index in [1.54, 1.807) is 13.0 Å². The highest BCUT2D eigenvalue weighted by molar-refractivity contribution is 5.35. The fourth-order valence-electron chi connectivity index (χ4n) is 3.76. The SMILES string of the molecule is C[C@@H](O)c1ccc(F)cc1OCC1CC2CCC1C2. The molecule has 3 unspecified atom stereocenters. The van der Waals surface area contributed by atoms with Gasteiger partial charge in [-0.2, -0.15) is 0 Å². The lowest BCUT2D eigenvalue weighted by molar-refractivity contribution is 0.172. The summed E-state index contributed by atoms with van der Waals surface area (Å²) in [7, 11) is 0. The van der Waals surface area contributed by atoms with Gasteiger partial charge in [0.15, 0.2) is 0 Å². The Labute approximate surface area is 113 Å². The van der Waals surface area contributed by atoms with Gasteiger partial charge >= 0.3 is 0 Å². The molecule has 1 aromatic carbocycles. The first kappa shape index (κ1) is 12.9. The third kappa shape index (κ3) is 2.62. The van der Waals surface area contributed by atoms with Crippen molar-refractivity contribution < 1.29 is 14.2 Å². The molecule has 0 saturated heterocycles. The highest BCUT2D eigenvalue weighted by atomic mass is 19.1. The van der Waals surface area contributed by atoms with Crippen LogP contribution in [-0.2, 0) is 0 Å². The fraction of sp³-hybridized carbons (Fsp3) is 0.625. The number of hydrogen-bond donors (Lipinski definition) is 1. The number of ether oxygens (including phenoxy) is 1. The number of benzene rings is 1. The zero-order chi connectivity index (χ0) is 13.4. The summed E-state index contributed by atoms with van der Waals surface area (Å²) in [5, 5.41) is 9.69. The molecule has 1 aromatic rings. The van der Waals surface area contributed by atoms with Gasteiger partial charge in [-0.1, -0.05) is 6.42 Å². The van der Waals surface area contributed by atoms with Crippen LogP contribution in [-0.4, -0.2) is 11.7 Å². The third-order valence-electron chi connectivity index (χ3n) is 4.76. The van der Waals surface area contributed by atoms with E-state index < -0.39 is 6.10 Å². The molecule has 3 rings (SSSR count). The lowest BCUT2D eigenvalue weighted by Crippen LogP contribution is -2.19. The van der Waals surface area contributed by atoms with E-state index in [1.165, 1.54) is 37.8 Å². The largest absolute Gasteiger partial charge is 0.493 e. The Morgan fingerprint density at radius 1 is 1.37 bits per heavy atom. The molecule has 2 aliphatic rings. The van der Waals surface area contributed by atoms with Gasteiger partial charge in [0.25, 0.3) is 0 Å². The van der Waals surface area contributed by atoms with Crippen LogP contribution >= 0.6 is 0 Å². The zero-order valence-electron chi connectivity index (χ0n) is 11.3. The minimum atomic E-state index is -0.629. The summed E-state index contributed by atoms with van der Waals surface area (Å²) in [5.74, 6) is 2.49. The molecule has 2 aliphatic carbocycles. The highest BCUT2D eigenvalue weighted by Gasteiger charge is 2.39. The van der Waals surface area contributed by atoms with E-state index in [-0.39, 0.29) is 5.82 Å². The number of fused-ring (bicyclic) bond motifs is 2. The molecule has 0 heterocycles. The van der Waals surface area contributed by atoms with E-state index >= 15 is 0 Å². The maximum atomic E-state index is 13.3. The summed E-state index contributed by atoms with van der Waals surface area (Å²) in [6.45, 7) is 2.34. The molecular formula is C16H21FO2. The highest BCUT2D eigenvalue weighted by Crippen LogP contribution is 2.48. The van der Waals surface area contributed by atoms with Crippen molar-refractivity contribution in [2.45, 2.75) is 38.7 Å². The van der Waals surface area contributed by atoms with Crippen LogP contribution in [0.5, 0.6) is 5.75 Å². The minimum Gasteiger partial charge on any atom is -0.493 e. The van der Waals surface area contributed by atoms with Crippen LogP contribution in [0.3, 0.4) is 0 Å². The summed E-state index contributed by atoms with van der Waals surface area (Å²) in [6, 6.07) is 4.36. The average molecular weight is 264 g/mol. The van der Waals surface area contributed by atoms with E-state index in [0.717, 1.165) is 11.8 Å². The minimum absolute atomic E-state index is 0.313. The van der Waals surface area contributed by atoms with Crippen molar-refractivity contribution in [3.05, 3.63) is 29.6 Å². The van der Waals surface area contributed by atoms with Gasteiger partial charge in [0.2, 0.25) is 0 Å². The molecule has 104 valence electrons. The van der Waals surface area contributed by atoms with Gasteiger partial charge in [-0.15, -0.1) is 0 Å². The second-order valence-electron chi connectivity index (χ2n) is 6.10. The van der Waals surface area contributed by atoms with Crippen LogP contribution < -0.4 is 4.74 Å². The smallest absolute Gasteiger partial charge is 0.128 e. The summed E-state index contributed by atoms with van der Waals surface area (Å²) >= 11 is 0. The van der Waals surface area contributed by atoms with Crippen molar-refractivity contribution in [3.63, 3.8) is 0 Å². The Bertz CT molecular complexity index is 458. The molecule has 0 amide bonds. The van der Waals surface area contributed by atoms with Crippen molar-refractivity contribution in [2.24, 2.45) is 17.8 Å². The zero-order valence-corrected chi connectivity index (χ0v) is 11.3. The van der Waals surface area contributed by atoms with Crippen LogP contribution in [0.15, 0.2) is 18.2 Å². The van der Waals surface area contributed by atoms with E-state index in [9.17, 15) is 9.50 Å². The van der Waals surface area contributed by atoms with Gasteiger partial charge < -0.3 is 9.84 Å². The average Bonchev–Trinajstić information content (AvgIpc) is 2.98. The van der Waals surface area contributed by atoms with E-state index in [4.69, 9.17) is 4.74 Å². The third-order valence-corrected chi connectivity index (χ3v) is 4.76. The number of aliphatic hydroxyl groups excluding tert-OH is 1. The van der Waals surface area contributed by atoms with Gasteiger partial charge in [-0.05, 0) is 56.1 Å². The Balaban J connectivity index is 1.67. The second kappa shape index (κ2) is 5.12. The molecule has 2 fully saturated rings. The number of rotatable bonds is 4.